The van der Waals surface area contributed by atoms with Gasteiger partial charge in [0, 0.05) is 24.5 Å². The van der Waals surface area contributed by atoms with Gasteiger partial charge in [0.15, 0.2) is 0 Å². The van der Waals surface area contributed by atoms with E-state index in [1.54, 1.807) is 36.7 Å². The number of carbonyl (C=O) groups is 1. The van der Waals surface area contributed by atoms with Gasteiger partial charge >= 0.3 is 0 Å². The van der Waals surface area contributed by atoms with Gasteiger partial charge in [-0.05, 0) is 35.9 Å². The topological polar surface area (TPSA) is 108 Å². The average Bonchev–Trinajstić information content (AvgIpc) is 2.62. The first kappa shape index (κ1) is 15.4. The number of benzene rings is 1. The Labute approximate surface area is 137 Å². The highest BCUT2D eigenvalue weighted by Crippen LogP contribution is 2.14. The molecule has 1 amide bonds. The van der Waals surface area contributed by atoms with Crippen molar-refractivity contribution in [2.75, 3.05) is 0 Å². The molecule has 2 heterocycles. The third-order valence-electron chi connectivity index (χ3n) is 3.41. The number of carbonyl (C=O) groups excluding carboxylic acids is 1. The van der Waals surface area contributed by atoms with Gasteiger partial charge in [-0.2, -0.15) is 5.10 Å². The number of hydrogen-bond acceptors (Lipinski definition) is 5. The van der Waals surface area contributed by atoms with Gasteiger partial charge in [-0.3, -0.25) is 14.6 Å². The van der Waals surface area contributed by atoms with Gasteiger partial charge < -0.3 is 10.4 Å². The van der Waals surface area contributed by atoms with Crippen LogP contribution in [0.4, 0.5) is 0 Å². The van der Waals surface area contributed by atoms with Crippen LogP contribution in [0.1, 0.15) is 15.9 Å². The number of pyridine rings is 1. The predicted octanol–water partition coefficient (Wildman–Crippen LogP) is 1.47. The zero-order valence-corrected chi connectivity index (χ0v) is 12.6. The number of H-pyrrole nitrogens is 1. The number of rotatable bonds is 4. The molecule has 0 unspecified atom stereocenters. The molecule has 0 fully saturated rings. The molecule has 7 heteroatoms. The molecule has 1 aromatic carbocycles. The van der Waals surface area contributed by atoms with Crippen LogP contribution in [0.2, 0.25) is 0 Å². The zero-order valence-electron chi connectivity index (χ0n) is 12.6. The highest BCUT2D eigenvalue weighted by atomic mass is 16.3. The molecule has 120 valence electrons. The normalized spacial score (nSPS) is 10.3. The van der Waals surface area contributed by atoms with Crippen LogP contribution in [0.25, 0.3) is 11.3 Å². The first-order valence-electron chi connectivity index (χ1n) is 7.20. The number of nitrogens with one attached hydrogen (secondary N) is 2. The Morgan fingerprint density at radius 3 is 2.54 bits per heavy atom. The van der Waals surface area contributed by atoms with Crippen LogP contribution in [0, 0.1) is 0 Å². The first-order valence-corrected chi connectivity index (χ1v) is 7.20. The van der Waals surface area contributed by atoms with Gasteiger partial charge in [0.05, 0.1) is 5.69 Å². The Balaban J connectivity index is 1.79. The summed E-state index contributed by atoms with van der Waals surface area (Å²) in [7, 11) is 0. The van der Waals surface area contributed by atoms with Crippen LogP contribution in [0.3, 0.4) is 0 Å². The van der Waals surface area contributed by atoms with Gasteiger partial charge in [-0.1, -0.05) is 12.1 Å². The van der Waals surface area contributed by atoms with E-state index in [-0.39, 0.29) is 17.9 Å². The highest BCUT2D eigenvalue weighted by molar-refractivity contribution is 5.94. The lowest BCUT2D eigenvalue weighted by atomic mass is 10.1. The second-order valence-electron chi connectivity index (χ2n) is 5.08. The number of aromatic hydroxyl groups is 1. The summed E-state index contributed by atoms with van der Waals surface area (Å²) in [5, 5.41) is 18.2. The standard InChI is InChI=1S/C17H14N4O3/c22-13-3-1-11(2-4-13)10-19-16(23)14-9-15(20-21-17(14)24)12-5-7-18-8-6-12/h1-9,22H,10H2,(H,19,23)(H,21,24). The second-order valence-corrected chi connectivity index (χ2v) is 5.08. The Hall–Kier alpha value is -3.48. The van der Waals surface area contributed by atoms with E-state index in [0.29, 0.717) is 5.69 Å². The fourth-order valence-corrected chi connectivity index (χ4v) is 2.14. The molecule has 0 atom stereocenters. The van der Waals surface area contributed by atoms with Crippen LogP contribution < -0.4 is 10.9 Å². The van der Waals surface area contributed by atoms with Crippen LogP contribution in [0.5, 0.6) is 5.75 Å². The molecule has 0 spiro atoms. The quantitative estimate of drug-likeness (QED) is 0.674. The van der Waals surface area contributed by atoms with E-state index in [9.17, 15) is 14.7 Å². The van der Waals surface area contributed by atoms with Gasteiger partial charge in [-0.15, -0.1) is 0 Å². The van der Waals surface area contributed by atoms with E-state index >= 15 is 0 Å². The number of phenols is 1. The molecule has 0 aliphatic rings. The number of aromatic amines is 1. The number of aromatic nitrogens is 3. The van der Waals surface area contributed by atoms with E-state index in [0.717, 1.165) is 11.1 Å². The SMILES string of the molecule is O=C(NCc1ccc(O)cc1)c1cc(-c2ccncc2)n[nH]c1=O. The summed E-state index contributed by atoms with van der Waals surface area (Å²) in [6.45, 7) is 0.242. The van der Waals surface area contributed by atoms with Crippen molar-refractivity contribution in [3.8, 4) is 17.0 Å². The van der Waals surface area contributed by atoms with Crippen molar-refractivity contribution in [3.05, 3.63) is 76.3 Å². The predicted molar refractivity (Wildman–Crippen MR) is 87.4 cm³/mol. The molecular formula is C17H14N4O3. The minimum atomic E-state index is -0.559. The van der Waals surface area contributed by atoms with E-state index in [4.69, 9.17) is 0 Å². The molecule has 0 bridgehead atoms. The van der Waals surface area contributed by atoms with Gasteiger partial charge in [0.25, 0.3) is 11.5 Å². The average molecular weight is 322 g/mol. The molecule has 3 N–H and O–H groups in total. The Morgan fingerprint density at radius 2 is 1.83 bits per heavy atom. The van der Waals surface area contributed by atoms with E-state index in [2.05, 4.69) is 20.5 Å². The van der Waals surface area contributed by atoms with Crippen molar-refractivity contribution in [3.63, 3.8) is 0 Å². The van der Waals surface area contributed by atoms with Crippen molar-refractivity contribution < 1.29 is 9.90 Å². The fraction of sp³-hybridized carbons (Fsp3) is 0.0588. The maximum atomic E-state index is 12.3. The minimum absolute atomic E-state index is 0.0180. The summed E-state index contributed by atoms with van der Waals surface area (Å²) in [6, 6.07) is 11.4. The summed E-state index contributed by atoms with van der Waals surface area (Å²) < 4.78 is 0. The number of phenolic OH excluding ortho intramolecular Hbond substituents is 1. The molecule has 2 aromatic heterocycles. The van der Waals surface area contributed by atoms with Crippen molar-refractivity contribution in [1.29, 1.82) is 0 Å². The maximum absolute atomic E-state index is 12.3. The van der Waals surface area contributed by atoms with Gasteiger partial charge in [-0.25, -0.2) is 5.10 Å². The first-order chi connectivity index (χ1) is 11.6. The summed E-state index contributed by atoms with van der Waals surface area (Å²) >= 11 is 0. The molecule has 24 heavy (non-hydrogen) atoms. The molecule has 7 nitrogen and oxygen atoms in total. The molecule has 0 aliphatic heterocycles. The van der Waals surface area contributed by atoms with Crippen molar-refractivity contribution in [2.45, 2.75) is 6.54 Å². The lowest BCUT2D eigenvalue weighted by Gasteiger charge is -2.06. The van der Waals surface area contributed by atoms with Gasteiger partial charge in [0.2, 0.25) is 0 Å². The van der Waals surface area contributed by atoms with Crippen LogP contribution >= 0.6 is 0 Å². The number of amides is 1. The third kappa shape index (κ3) is 3.46. The summed E-state index contributed by atoms with van der Waals surface area (Å²) in [6.07, 6.45) is 3.21. The number of nitrogens with zero attached hydrogens (tertiary/aromatic N) is 2. The lowest BCUT2D eigenvalue weighted by Crippen LogP contribution is -2.29. The van der Waals surface area contributed by atoms with Crippen molar-refractivity contribution in [2.24, 2.45) is 0 Å². The van der Waals surface area contributed by atoms with Crippen molar-refractivity contribution >= 4 is 5.91 Å². The van der Waals surface area contributed by atoms with Crippen LogP contribution in [0.15, 0.2) is 59.7 Å². The highest BCUT2D eigenvalue weighted by Gasteiger charge is 2.13. The molecule has 0 radical (unpaired) electrons. The molecule has 0 saturated carbocycles. The van der Waals surface area contributed by atoms with Gasteiger partial charge in [0.1, 0.15) is 11.3 Å². The third-order valence-corrected chi connectivity index (χ3v) is 3.41. The smallest absolute Gasteiger partial charge is 0.277 e. The Kier molecular flexibility index (Phi) is 4.33. The van der Waals surface area contributed by atoms with Crippen molar-refractivity contribution in [1.82, 2.24) is 20.5 Å². The fourth-order valence-electron chi connectivity index (χ4n) is 2.14. The Morgan fingerprint density at radius 1 is 1.12 bits per heavy atom. The molecule has 3 aromatic rings. The summed E-state index contributed by atoms with van der Waals surface area (Å²) in [5.74, 6) is -0.348. The van der Waals surface area contributed by atoms with Crippen LogP contribution in [-0.4, -0.2) is 26.2 Å². The van der Waals surface area contributed by atoms with E-state index in [1.165, 1.54) is 18.2 Å². The largest absolute Gasteiger partial charge is 0.508 e. The number of hydrogen-bond donors (Lipinski definition) is 3. The molecule has 0 saturated heterocycles. The Bertz CT molecular complexity index is 905. The van der Waals surface area contributed by atoms with E-state index < -0.39 is 11.5 Å². The molecular weight excluding hydrogens is 308 g/mol. The van der Waals surface area contributed by atoms with E-state index in [1.807, 2.05) is 0 Å². The monoisotopic (exact) mass is 322 g/mol. The second kappa shape index (κ2) is 6.74. The lowest BCUT2D eigenvalue weighted by molar-refractivity contribution is 0.0949. The summed E-state index contributed by atoms with van der Waals surface area (Å²) in [4.78, 5) is 28.1. The van der Waals surface area contributed by atoms with Crippen LogP contribution in [-0.2, 0) is 6.54 Å². The summed E-state index contributed by atoms with van der Waals surface area (Å²) in [5.41, 5.74) is 1.45. The minimum Gasteiger partial charge on any atom is -0.508 e. The zero-order chi connectivity index (χ0) is 16.9. The molecule has 3 rings (SSSR count). The molecule has 0 aliphatic carbocycles. The maximum Gasteiger partial charge on any atom is 0.277 e.